The van der Waals surface area contributed by atoms with E-state index in [9.17, 15) is 13.9 Å². The molecule has 1 N–H and O–H groups in total. The van der Waals surface area contributed by atoms with Crippen LogP contribution in [0.5, 0.6) is 0 Å². The molecule has 2 aliphatic heterocycles. The standard InChI is InChI=1S/C13H17F2N.C11H12O2/c1-16-8-6-11(7-9-16)10-2-4-12(5-3-10)13(14)15;1-2-9-3-5-10(6-4-9)11(12)7-13-8-11/h2-5,11,13H,6-9H2,1H3;2-6,12H,1,7-8H2. The fourth-order valence-electron chi connectivity index (χ4n) is 3.65. The SMILES string of the molecule is C=Cc1ccc(C2(O)COC2)cc1.CN1CCC(c2ccc(C(F)F)cc2)CC1. The smallest absolute Gasteiger partial charge is 0.263 e. The van der Waals surface area contributed by atoms with Crippen LogP contribution in [0.1, 0.15) is 47.4 Å². The molecule has 2 aliphatic rings. The third-order valence-electron chi connectivity index (χ3n) is 5.74. The van der Waals surface area contributed by atoms with Crippen molar-refractivity contribution in [3.05, 3.63) is 77.4 Å². The lowest BCUT2D eigenvalue weighted by Gasteiger charge is -2.36. The highest BCUT2D eigenvalue weighted by Gasteiger charge is 2.37. The molecule has 0 atom stereocenters. The number of hydrogen-bond acceptors (Lipinski definition) is 3. The number of likely N-dealkylation sites (tertiary alicyclic amines) is 1. The minimum Gasteiger partial charge on any atom is -0.380 e. The number of nitrogens with zero attached hydrogens (tertiary/aromatic N) is 1. The summed E-state index contributed by atoms with van der Waals surface area (Å²) in [7, 11) is 2.12. The van der Waals surface area contributed by atoms with Crippen molar-refractivity contribution in [3.63, 3.8) is 0 Å². The van der Waals surface area contributed by atoms with Crippen LogP contribution in [0, 0.1) is 0 Å². The summed E-state index contributed by atoms with van der Waals surface area (Å²) in [4.78, 5) is 2.31. The van der Waals surface area contributed by atoms with Gasteiger partial charge in [-0.3, -0.25) is 0 Å². The molecule has 156 valence electrons. The van der Waals surface area contributed by atoms with Crippen molar-refractivity contribution in [2.45, 2.75) is 30.8 Å². The molecule has 0 amide bonds. The van der Waals surface area contributed by atoms with Crippen LogP contribution in [-0.2, 0) is 10.3 Å². The van der Waals surface area contributed by atoms with Crippen molar-refractivity contribution in [1.29, 1.82) is 0 Å². The normalized spacial score (nSPS) is 19.2. The van der Waals surface area contributed by atoms with Crippen molar-refractivity contribution in [2.75, 3.05) is 33.4 Å². The van der Waals surface area contributed by atoms with E-state index in [1.165, 1.54) is 5.56 Å². The van der Waals surface area contributed by atoms with Crippen molar-refractivity contribution in [1.82, 2.24) is 4.90 Å². The number of rotatable bonds is 4. The maximum absolute atomic E-state index is 12.4. The third kappa shape index (κ3) is 5.50. The van der Waals surface area contributed by atoms with Gasteiger partial charge in [-0.15, -0.1) is 0 Å². The summed E-state index contributed by atoms with van der Waals surface area (Å²) in [5.41, 5.74) is 2.56. The largest absolute Gasteiger partial charge is 0.380 e. The molecule has 0 aliphatic carbocycles. The van der Waals surface area contributed by atoms with Crippen LogP contribution in [0.3, 0.4) is 0 Å². The number of benzene rings is 2. The first-order valence-corrected chi connectivity index (χ1v) is 10.0. The minimum atomic E-state index is -2.36. The topological polar surface area (TPSA) is 32.7 Å². The lowest BCUT2D eigenvalue weighted by molar-refractivity contribution is -0.184. The number of piperidine rings is 1. The average molecular weight is 401 g/mol. The fourth-order valence-corrected chi connectivity index (χ4v) is 3.65. The molecule has 2 aromatic carbocycles. The second kappa shape index (κ2) is 9.61. The molecule has 2 saturated heterocycles. The summed E-state index contributed by atoms with van der Waals surface area (Å²) < 4.78 is 29.7. The predicted octanol–water partition coefficient (Wildman–Crippen LogP) is 4.98. The zero-order chi connectivity index (χ0) is 20.9. The Morgan fingerprint density at radius 1 is 1.07 bits per heavy atom. The fraction of sp³-hybridized carbons (Fsp3) is 0.417. The first kappa shape index (κ1) is 21.6. The molecule has 0 saturated carbocycles. The van der Waals surface area contributed by atoms with Crippen LogP contribution in [0.15, 0.2) is 55.1 Å². The molecule has 0 unspecified atom stereocenters. The van der Waals surface area contributed by atoms with Gasteiger partial charge < -0.3 is 14.7 Å². The van der Waals surface area contributed by atoms with Gasteiger partial charge in [-0.05, 0) is 55.6 Å². The number of aliphatic hydroxyl groups is 1. The van der Waals surface area contributed by atoms with Gasteiger partial charge in [0.2, 0.25) is 0 Å². The summed E-state index contributed by atoms with van der Waals surface area (Å²) >= 11 is 0. The van der Waals surface area contributed by atoms with Gasteiger partial charge in [0.05, 0.1) is 13.2 Å². The summed E-state index contributed by atoms with van der Waals surface area (Å²) in [6.07, 6.45) is 1.69. The van der Waals surface area contributed by atoms with Gasteiger partial charge in [-0.1, -0.05) is 61.2 Å². The number of alkyl halides is 2. The van der Waals surface area contributed by atoms with Crippen molar-refractivity contribution in [3.8, 4) is 0 Å². The first-order chi connectivity index (χ1) is 13.9. The van der Waals surface area contributed by atoms with Gasteiger partial charge in [0.25, 0.3) is 6.43 Å². The lowest BCUT2D eigenvalue weighted by atomic mass is 9.89. The van der Waals surface area contributed by atoms with Crippen LogP contribution in [0.25, 0.3) is 6.08 Å². The monoisotopic (exact) mass is 401 g/mol. The van der Waals surface area contributed by atoms with Crippen LogP contribution >= 0.6 is 0 Å². The average Bonchev–Trinajstić information content (AvgIpc) is 2.73. The molecule has 5 heteroatoms. The van der Waals surface area contributed by atoms with E-state index in [1.807, 2.05) is 36.4 Å². The van der Waals surface area contributed by atoms with E-state index < -0.39 is 12.0 Å². The quantitative estimate of drug-likeness (QED) is 0.784. The van der Waals surface area contributed by atoms with E-state index in [4.69, 9.17) is 4.74 Å². The van der Waals surface area contributed by atoms with E-state index >= 15 is 0 Å². The summed E-state index contributed by atoms with van der Waals surface area (Å²) in [6.45, 7) is 6.67. The second-order valence-electron chi connectivity index (χ2n) is 7.90. The molecule has 4 rings (SSSR count). The summed E-state index contributed by atoms with van der Waals surface area (Å²) in [5.74, 6) is 0.544. The van der Waals surface area contributed by atoms with Gasteiger partial charge in [-0.25, -0.2) is 8.78 Å². The Kier molecular flexibility index (Phi) is 7.17. The summed E-state index contributed by atoms with van der Waals surface area (Å²) in [6, 6.07) is 14.5. The zero-order valence-electron chi connectivity index (χ0n) is 16.9. The van der Waals surface area contributed by atoms with E-state index in [2.05, 4.69) is 18.5 Å². The van der Waals surface area contributed by atoms with E-state index in [0.717, 1.165) is 37.1 Å². The predicted molar refractivity (Wildman–Crippen MR) is 112 cm³/mol. The van der Waals surface area contributed by atoms with Gasteiger partial charge in [-0.2, -0.15) is 0 Å². The van der Waals surface area contributed by atoms with E-state index in [-0.39, 0.29) is 5.56 Å². The first-order valence-electron chi connectivity index (χ1n) is 10.0. The second-order valence-corrected chi connectivity index (χ2v) is 7.90. The van der Waals surface area contributed by atoms with E-state index in [1.54, 1.807) is 18.2 Å². The Morgan fingerprint density at radius 3 is 2.10 bits per heavy atom. The molecular weight excluding hydrogens is 372 g/mol. The molecular formula is C24H29F2NO2. The van der Waals surface area contributed by atoms with Crippen molar-refractivity contribution in [2.24, 2.45) is 0 Å². The van der Waals surface area contributed by atoms with Crippen LogP contribution in [0.4, 0.5) is 8.78 Å². The van der Waals surface area contributed by atoms with Crippen LogP contribution in [-0.4, -0.2) is 43.4 Å². The number of ether oxygens (including phenoxy) is 1. The Morgan fingerprint density at radius 2 is 1.66 bits per heavy atom. The molecule has 0 radical (unpaired) electrons. The van der Waals surface area contributed by atoms with Gasteiger partial charge in [0, 0.05) is 5.56 Å². The Hall–Kier alpha value is -2.08. The van der Waals surface area contributed by atoms with Crippen molar-refractivity contribution >= 4 is 6.08 Å². The van der Waals surface area contributed by atoms with Gasteiger partial charge in [0.15, 0.2) is 0 Å². The minimum absolute atomic E-state index is 0.122. The zero-order valence-corrected chi connectivity index (χ0v) is 16.9. The van der Waals surface area contributed by atoms with Crippen LogP contribution in [0.2, 0.25) is 0 Å². The molecule has 2 heterocycles. The van der Waals surface area contributed by atoms with E-state index in [0.29, 0.717) is 19.1 Å². The molecule has 0 spiro atoms. The molecule has 0 aromatic heterocycles. The third-order valence-corrected chi connectivity index (χ3v) is 5.74. The molecule has 2 fully saturated rings. The highest BCUT2D eigenvalue weighted by atomic mass is 19.3. The van der Waals surface area contributed by atoms with Crippen molar-refractivity contribution < 1.29 is 18.6 Å². The Labute approximate surface area is 171 Å². The molecule has 29 heavy (non-hydrogen) atoms. The molecule has 3 nitrogen and oxygen atoms in total. The maximum Gasteiger partial charge on any atom is 0.263 e. The number of hydrogen-bond donors (Lipinski definition) is 1. The molecule has 0 bridgehead atoms. The number of halogens is 2. The maximum atomic E-state index is 12.4. The van der Waals surface area contributed by atoms with Crippen LogP contribution < -0.4 is 0 Å². The van der Waals surface area contributed by atoms with Gasteiger partial charge >= 0.3 is 0 Å². The molecule has 2 aromatic rings. The highest BCUT2D eigenvalue weighted by molar-refractivity contribution is 5.48. The lowest BCUT2D eigenvalue weighted by Crippen LogP contribution is -2.46. The Bertz CT molecular complexity index is 778. The van der Waals surface area contributed by atoms with Gasteiger partial charge in [0.1, 0.15) is 5.60 Å². The highest BCUT2D eigenvalue weighted by Crippen LogP contribution is 2.30. The summed E-state index contributed by atoms with van der Waals surface area (Å²) in [5, 5.41) is 9.89. The Balaban J connectivity index is 0.000000169.